The molecule has 2 aliphatic rings. The summed E-state index contributed by atoms with van der Waals surface area (Å²) in [7, 11) is 4.28. The number of carbonyl (C=O) groups is 1. The van der Waals surface area contributed by atoms with Gasteiger partial charge in [0.25, 0.3) is 0 Å². The third kappa shape index (κ3) is 8.90. The predicted octanol–water partition coefficient (Wildman–Crippen LogP) is 3.05. The van der Waals surface area contributed by atoms with Gasteiger partial charge in [-0.3, -0.25) is 9.69 Å². The second-order valence-electron chi connectivity index (χ2n) is 7.92. The van der Waals surface area contributed by atoms with Crippen molar-refractivity contribution < 1.29 is 9.53 Å². The summed E-state index contributed by atoms with van der Waals surface area (Å²) in [5, 5.41) is 3.99. The summed E-state index contributed by atoms with van der Waals surface area (Å²) < 4.78 is 5.17. The van der Waals surface area contributed by atoms with Crippen LogP contribution < -0.4 is 5.32 Å². The number of carbonyl (C=O) groups excluding carboxylic acids is 1. The van der Waals surface area contributed by atoms with E-state index in [0.29, 0.717) is 18.1 Å². The second-order valence-corrected chi connectivity index (χ2v) is 8.35. The van der Waals surface area contributed by atoms with Crippen LogP contribution in [0.2, 0.25) is 5.02 Å². The lowest BCUT2D eigenvalue weighted by Gasteiger charge is -2.38. The van der Waals surface area contributed by atoms with Crippen LogP contribution in [0.1, 0.15) is 37.9 Å². The van der Waals surface area contributed by atoms with Gasteiger partial charge < -0.3 is 19.9 Å². The first kappa shape index (κ1) is 26.9. The Bertz CT molecular complexity index is 630. The van der Waals surface area contributed by atoms with E-state index in [-0.39, 0.29) is 19.4 Å². The molecule has 2 aliphatic heterocycles. The molecule has 1 aromatic rings. The van der Waals surface area contributed by atoms with Crippen molar-refractivity contribution in [1.82, 2.24) is 20.0 Å². The Morgan fingerprint density at radius 3 is 2.23 bits per heavy atom. The normalized spacial score (nSPS) is 19.2. The summed E-state index contributed by atoms with van der Waals surface area (Å²) in [5.74, 6) is -0.147. The molecule has 0 aromatic heterocycles. The standard InChI is InChI=1S/C17H25ClN2O2.C5H12N2.CH4/c1-4-22-17(21)12-16(20-9-7-19(3)8-10-20)15-11-14(18)6-5-13(15)2;1-7-4-2-6-3-5-7;/h5-6,11,16H,4,7-10,12H2,1-3H3;6H,2-5H2,1H3;1H4. The maximum absolute atomic E-state index is 12.0. The number of nitrogens with one attached hydrogen (secondary N) is 1. The summed E-state index contributed by atoms with van der Waals surface area (Å²) in [5.41, 5.74) is 2.29. The number of likely N-dealkylation sites (N-methyl/N-ethyl adjacent to an activating group) is 2. The van der Waals surface area contributed by atoms with Crippen molar-refractivity contribution in [2.45, 2.75) is 33.7 Å². The number of nitrogens with zero attached hydrogens (tertiary/aromatic N) is 3. The van der Waals surface area contributed by atoms with E-state index >= 15 is 0 Å². The van der Waals surface area contributed by atoms with Gasteiger partial charge in [-0.1, -0.05) is 25.1 Å². The monoisotopic (exact) mass is 440 g/mol. The zero-order valence-corrected chi connectivity index (χ0v) is 19.2. The fourth-order valence-electron chi connectivity index (χ4n) is 3.69. The third-order valence-electron chi connectivity index (χ3n) is 5.58. The van der Waals surface area contributed by atoms with Crippen molar-refractivity contribution in [3.8, 4) is 0 Å². The minimum Gasteiger partial charge on any atom is -0.466 e. The average molecular weight is 441 g/mol. The van der Waals surface area contributed by atoms with Crippen LogP contribution in [0.4, 0.5) is 0 Å². The highest BCUT2D eigenvalue weighted by Gasteiger charge is 2.27. The molecule has 1 atom stereocenters. The Hall–Kier alpha value is -1.18. The molecular weight excluding hydrogens is 400 g/mol. The van der Waals surface area contributed by atoms with Gasteiger partial charge in [0.05, 0.1) is 13.0 Å². The van der Waals surface area contributed by atoms with E-state index in [2.05, 4.69) is 41.0 Å². The summed E-state index contributed by atoms with van der Waals surface area (Å²) in [4.78, 5) is 19.0. The Morgan fingerprint density at radius 2 is 1.70 bits per heavy atom. The van der Waals surface area contributed by atoms with Crippen LogP contribution in [0.15, 0.2) is 18.2 Å². The molecule has 0 saturated carbocycles. The summed E-state index contributed by atoms with van der Waals surface area (Å²) in [6.45, 7) is 13.0. The van der Waals surface area contributed by atoms with Crippen LogP contribution in [0.5, 0.6) is 0 Å². The number of piperazine rings is 2. The van der Waals surface area contributed by atoms with E-state index in [9.17, 15) is 4.79 Å². The number of ether oxygens (including phenoxy) is 1. The van der Waals surface area contributed by atoms with Crippen molar-refractivity contribution in [2.24, 2.45) is 0 Å². The molecule has 0 aliphatic carbocycles. The molecule has 30 heavy (non-hydrogen) atoms. The second kappa shape index (κ2) is 14.0. The van der Waals surface area contributed by atoms with Gasteiger partial charge >= 0.3 is 5.97 Å². The van der Waals surface area contributed by atoms with Crippen molar-refractivity contribution in [3.63, 3.8) is 0 Å². The van der Waals surface area contributed by atoms with Gasteiger partial charge in [0.2, 0.25) is 0 Å². The number of hydrogen-bond donors (Lipinski definition) is 1. The minimum atomic E-state index is -0.147. The highest BCUT2D eigenvalue weighted by molar-refractivity contribution is 6.30. The van der Waals surface area contributed by atoms with Crippen LogP contribution in [0.3, 0.4) is 0 Å². The zero-order valence-electron chi connectivity index (χ0n) is 18.4. The van der Waals surface area contributed by atoms with E-state index in [1.807, 2.05) is 25.1 Å². The highest BCUT2D eigenvalue weighted by Crippen LogP contribution is 2.30. The van der Waals surface area contributed by atoms with Crippen molar-refractivity contribution in [1.29, 1.82) is 0 Å². The highest BCUT2D eigenvalue weighted by atomic mass is 35.5. The van der Waals surface area contributed by atoms with E-state index < -0.39 is 0 Å². The number of benzene rings is 1. The molecule has 1 N–H and O–H groups in total. The minimum absolute atomic E-state index is 0. The number of rotatable bonds is 5. The molecule has 2 heterocycles. The smallest absolute Gasteiger partial charge is 0.307 e. The lowest BCUT2D eigenvalue weighted by Crippen LogP contribution is -2.46. The fraction of sp³-hybridized carbons (Fsp3) is 0.696. The molecule has 3 rings (SSSR count). The third-order valence-corrected chi connectivity index (χ3v) is 5.82. The molecule has 6 nitrogen and oxygen atoms in total. The Morgan fingerprint density at radius 1 is 1.10 bits per heavy atom. The molecule has 7 heteroatoms. The average Bonchev–Trinajstić information content (AvgIpc) is 2.70. The van der Waals surface area contributed by atoms with Crippen LogP contribution in [-0.2, 0) is 9.53 Å². The Kier molecular flexibility index (Phi) is 12.5. The maximum atomic E-state index is 12.0. The number of aryl methyl sites for hydroxylation is 1. The van der Waals surface area contributed by atoms with Gasteiger partial charge in [0.15, 0.2) is 0 Å². The summed E-state index contributed by atoms with van der Waals surface area (Å²) >= 11 is 6.18. The lowest BCUT2D eigenvalue weighted by atomic mass is 9.96. The van der Waals surface area contributed by atoms with Gasteiger partial charge in [0, 0.05) is 63.4 Å². The van der Waals surface area contributed by atoms with Crippen LogP contribution in [0.25, 0.3) is 0 Å². The quantitative estimate of drug-likeness (QED) is 0.710. The zero-order chi connectivity index (χ0) is 21.2. The SMILES string of the molecule is C.CCOC(=O)CC(c1cc(Cl)ccc1C)N1CCN(C)CC1.CN1CCNCC1. The van der Waals surface area contributed by atoms with Gasteiger partial charge in [-0.2, -0.15) is 0 Å². The van der Waals surface area contributed by atoms with E-state index in [1.54, 1.807) is 0 Å². The van der Waals surface area contributed by atoms with Gasteiger partial charge in [0.1, 0.15) is 0 Å². The molecule has 172 valence electrons. The molecule has 0 spiro atoms. The van der Waals surface area contributed by atoms with Gasteiger partial charge in [-0.15, -0.1) is 0 Å². The summed E-state index contributed by atoms with van der Waals surface area (Å²) in [6, 6.07) is 5.93. The topological polar surface area (TPSA) is 48.1 Å². The molecule has 0 amide bonds. The first-order valence-electron chi connectivity index (χ1n) is 10.6. The van der Waals surface area contributed by atoms with Crippen LogP contribution >= 0.6 is 11.6 Å². The van der Waals surface area contributed by atoms with E-state index in [4.69, 9.17) is 16.3 Å². The maximum Gasteiger partial charge on any atom is 0.307 e. The Labute approximate surface area is 188 Å². The first-order chi connectivity index (χ1) is 13.9. The lowest BCUT2D eigenvalue weighted by molar-refractivity contribution is -0.144. The van der Waals surface area contributed by atoms with E-state index in [1.165, 1.54) is 13.1 Å². The molecule has 0 radical (unpaired) electrons. The molecule has 2 fully saturated rings. The number of halogens is 1. The van der Waals surface area contributed by atoms with Crippen molar-refractivity contribution in [2.75, 3.05) is 73.1 Å². The van der Waals surface area contributed by atoms with Crippen LogP contribution in [-0.4, -0.2) is 93.7 Å². The first-order valence-corrected chi connectivity index (χ1v) is 11.0. The van der Waals surface area contributed by atoms with Gasteiger partial charge in [-0.05, 0) is 51.2 Å². The molecule has 1 aromatic carbocycles. The predicted molar refractivity (Wildman–Crippen MR) is 126 cm³/mol. The summed E-state index contributed by atoms with van der Waals surface area (Å²) in [6.07, 6.45) is 0.374. The largest absolute Gasteiger partial charge is 0.466 e. The fourth-order valence-corrected chi connectivity index (χ4v) is 3.87. The molecule has 1 unspecified atom stereocenters. The number of esters is 1. The molecule has 0 bridgehead atoms. The van der Waals surface area contributed by atoms with Crippen LogP contribution in [0, 0.1) is 6.92 Å². The van der Waals surface area contributed by atoms with Crippen molar-refractivity contribution in [3.05, 3.63) is 34.3 Å². The number of hydrogen-bond acceptors (Lipinski definition) is 6. The Balaban J connectivity index is 0.000000477. The van der Waals surface area contributed by atoms with Gasteiger partial charge in [-0.25, -0.2) is 0 Å². The van der Waals surface area contributed by atoms with Crippen molar-refractivity contribution >= 4 is 17.6 Å². The molecule has 2 saturated heterocycles. The van der Waals surface area contributed by atoms with E-state index in [0.717, 1.165) is 50.4 Å². The molecular formula is C23H41ClN4O2.